The van der Waals surface area contributed by atoms with Gasteiger partial charge < -0.3 is 24.3 Å². The predicted octanol–water partition coefficient (Wildman–Crippen LogP) is 1.76. The lowest BCUT2D eigenvalue weighted by molar-refractivity contribution is 0.0900. The summed E-state index contributed by atoms with van der Waals surface area (Å²) < 4.78 is 15.3. The maximum atomic E-state index is 12.1. The lowest BCUT2D eigenvalue weighted by Gasteiger charge is -2.11. The third-order valence-corrected chi connectivity index (χ3v) is 2.94. The Hall–Kier alpha value is -2.47. The molecule has 1 unspecified atom stereocenters. The van der Waals surface area contributed by atoms with Gasteiger partial charge in [0.25, 0.3) is 5.91 Å². The fourth-order valence-electron chi connectivity index (χ4n) is 1.81. The fraction of sp³-hybridized carbons (Fsp3) is 0.267. The van der Waals surface area contributed by atoms with Crippen LogP contribution in [0, 0.1) is 0 Å². The Bertz CT molecular complexity index is 572. The Balaban J connectivity index is 2.03. The molecule has 0 bridgehead atoms. The van der Waals surface area contributed by atoms with Gasteiger partial charge in [0.1, 0.15) is 23.4 Å². The van der Waals surface area contributed by atoms with Gasteiger partial charge in [-0.2, -0.15) is 0 Å². The van der Waals surface area contributed by atoms with Gasteiger partial charge in [0.2, 0.25) is 0 Å². The molecule has 1 heterocycles. The molecule has 21 heavy (non-hydrogen) atoms. The van der Waals surface area contributed by atoms with Crippen LogP contribution >= 0.6 is 0 Å². The smallest absolute Gasteiger partial charge is 0.251 e. The minimum atomic E-state index is -0.892. The van der Waals surface area contributed by atoms with Crippen molar-refractivity contribution in [1.29, 1.82) is 0 Å². The molecule has 0 aliphatic carbocycles. The van der Waals surface area contributed by atoms with Crippen LogP contribution in [0.5, 0.6) is 11.5 Å². The van der Waals surface area contributed by atoms with Crippen LogP contribution in [-0.4, -0.2) is 31.8 Å². The van der Waals surface area contributed by atoms with Gasteiger partial charge in [0.15, 0.2) is 0 Å². The van der Waals surface area contributed by atoms with Crippen molar-refractivity contribution in [2.45, 2.75) is 6.10 Å². The van der Waals surface area contributed by atoms with Crippen molar-refractivity contribution in [1.82, 2.24) is 5.32 Å². The Kier molecular flexibility index (Phi) is 4.84. The number of ether oxygens (including phenoxy) is 2. The summed E-state index contributed by atoms with van der Waals surface area (Å²) in [7, 11) is 3.02. The fourth-order valence-corrected chi connectivity index (χ4v) is 1.81. The van der Waals surface area contributed by atoms with Gasteiger partial charge in [-0.1, -0.05) is 0 Å². The van der Waals surface area contributed by atoms with E-state index in [0.717, 1.165) is 0 Å². The number of hydrogen-bond donors (Lipinski definition) is 2. The number of benzene rings is 1. The number of hydrogen-bond acceptors (Lipinski definition) is 5. The highest BCUT2D eigenvalue weighted by Gasteiger charge is 2.14. The molecule has 0 saturated heterocycles. The van der Waals surface area contributed by atoms with E-state index in [4.69, 9.17) is 13.9 Å². The van der Waals surface area contributed by atoms with E-state index < -0.39 is 6.10 Å². The number of methoxy groups -OCH3 is 2. The third-order valence-electron chi connectivity index (χ3n) is 2.94. The largest absolute Gasteiger partial charge is 0.497 e. The molecule has 0 spiro atoms. The number of aliphatic hydroxyl groups is 1. The molecule has 0 aliphatic heterocycles. The Morgan fingerprint density at radius 3 is 2.48 bits per heavy atom. The zero-order valence-electron chi connectivity index (χ0n) is 11.8. The van der Waals surface area contributed by atoms with Crippen molar-refractivity contribution in [2.24, 2.45) is 0 Å². The summed E-state index contributed by atoms with van der Waals surface area (Å²) in [6.45, 7) is 0.0475. The lowest BCUT2D eigenvalue weighted by atomic mass is 10.1. The molecule has 1 amide bonds. The number of carbonyl (C=O) groups excluding carboxylic acids is 1. The molecular formula is C15H17NO5. The van der Waals surface area contributed by atoms with E-state index in [9.17, 15) is 9.90 Å². The molecule has 2 rings (SSSR count). The molecule has 0 aliphatic rings. The first kappa shape index (κ1) is 14.9. The number of amides is 1. The summed E-state index contributed by atoms with van der Waals surface area (Å²) in [5.41, 5.74) is 0.387. The summed E-state index contributed by atoms with van der Waals surface area (Å²) >= 11 is 0. The molecule has 112 valence electrons. The van der Waals surface area contributed by atoms with E-state index in [2.05, 4.69) is 5.32 Å². The minimum Gasteiger partial charge on any atom is -0.497 e. The third kappa shape index (κ3) is 3.76. The van der Waals surface area contributed by atoms with Crippen molar-refractivity contribution in [3.8, 4) is 11.5 Å². The molecule has 0 fully saturated rings. The Labute approximate surface area is 122 Å². The summed E-state index contributed by atoms with van der Waals surface area (Å²) in [5.74, 6) is 1.11. The van der Waals surface area contributed by atoms with Gasteiger partial charge in [0, 0.05) is 11.6 Å². The van der Waals surface area contributed by atoms with Crippen molar-refractivity contribution in [2.75, 3.05) is 20.8 Å². The van der Waals surface area contributed by atoms with Gasteiger partial charge in [-0.3, -0.25) is 4.79 Å². The highest BCUT2D eigenvalue weighted by atomic mass is 16.5. The zero-order valence-corrected chi connectivity index (χ0v) is 11.8. The van der Waals surface area contributed by atoms with Crippen LogP contribution in [0.3, 0.4) is 0 Å². The highest BCUT2D eigenvalue weighted by Crippen LogP contribution is 2.22. The average Bonchev–Trinajstić information content (AvgIpc) is 3.06. The SMILES string of the molecule is COc1cc(OC)cc(C(=O)NCC(O)c2ccco2)c1. The van der Waals surface area contributed by atoms with Crippen LogP contribution in [0.4, 0.5) is 0 Å². The summed E-state index contributed by atoms with van der Waals surface area (Å²) in [6.07, 6.45) is 0.573. The molecule has 1 aromatic carbocycles. The van der Waals surface area contributed by atoms with E-state index in [0.29, 0.717) is 22.8 Å². The number of furan rings is 1. The first-order valence-electron chi connectivity index (χ1n) is 6.36. The van der Waals surface area contributed by atoms with Crippen LogP contribution < -0.4 is 14.8 Å². The molecule has 0 saturated carbocycles. The van der Waals surface area contributed by atoms with Gasteiger partial charge in [-0.15, -0.1) is 0 Å². The van der Waals surface area contributed by atoms with Crippen LogP contribution in [-0.2, 0) is 0 Å². The summed E-state index contributed by atoms with van der Waals surface area (Å²) in [5, 5.41) is 12.5. The van der Waals surface area contributed by atoms with E-state index in [1.54, 1.807) is 30.3 Å². The monoisotopic (exact) mass is 291 g/mol. The second-order valence-corrected chi connectivity index (χ2v) is 4.34. The Morgan fingerprint density at radius 2 is 1.95 bits per heavy atom. The average molecular weight is 291 g/mol. The van der Waals surface area contributed by atoms with Gasteiger partial charge in [-0.05, 0) is 24.3 Å². The van der Waals surface area contributed by atoms with Crippen LogP contribution in [0.15, 0.2) is 41.0 Å². The number of rotatable bonds is 6. The molecule has 1 aromatic heterocycles. The maximum Gasteiger partial charge on any atom is 0.251 e. The van der Waals surface area contributed by atoms with Crippen LogP contribution in [0.2, 0.25) is 0 Å². The molecule has 1 atom stereocenters. The molecule has 0 radical (unpaired) electrons. The van der Waals surface area contributed by atoms with E-state index in [-0.39, 0.29) is 12.5 Å². The first-order chi connectivity index (χ1) is 10.1. The summed E-state index contributed by atoms with van der Waals surface area (Å²) in [4.78, 5) is 12.1. The normalized spacial score (nSPS) is 11.8. The van der Waals surface area contributed by atoms with E-state index in [1.165, 1.54) is 20.5 Å². The Morgan fingerprint density at radius 1 is 1.29 bits per heavy atom. The van der Waals surface area contributed by atoms with Crippen LogP contribution in [0.1, 0.15) is 22.2 Å². The molecule has 6 heteroatoms. The molecule has 6 nitrogen and oxygen atoms in total. The predicted molar refractivity (Wildman–Crippen MR) is 75.5 cm³/mol. The van der Waals surface area contributed by atoms with Crippen molar-refractivity contribution in [3.63, 3.8) is 0 Å². The van der Waals surface area contributed by atoms with Gasteiger partial charge in [-0.25, -0.2) is 0 Å². The molecule has 2 aromatic rings. The number of carbonyl (C=O) groups is 1. The summed E-state index contributed by atoms with van der Waals surface area (Å²) in [6, 6.07) is 8.18. The van der Waals surface area contributed by atoms with E-state index in [1.807, 2.05) is 0 Å². The quantitative estimate of drug-likeness (QED) is 0.847. The maximum absolute atomic E-state index is 12.1. The molecule has 2 N–H and O–H groups in total. The number of aliphatic hydroxyl groups excluding tert-OH is 1. The van der Waals surface area contributed by atoms with E-state index >= 15 is 0 Å². The minimum absolute atomic E-state index is 0.0475. The van der Waals surface area contributed by atoms with Crippen molar-refractivity contribution < 1.29 is 23.8 Å². The standard InChI is InChI=1S/C15H17NO5/c1-19-11-6-10(7-12(8-11)20-2)15(18)16-9-13(17)14-4-3-5-21-14/h3-8,13,17H,9H2,1-2H3,(H,16,18). The molecular weight excluding hydrogens is 274 g/mol. The topological polar surface area (TPSA) is 80.9 Å². The zero-order chi connectivity index (χ0) is 15.2. The van der Waals surface area contributed by atoms with Gasteiger partial charge >= 0.3 is 0 Å². The van der Waals surface area contributed by atoms with Gasteiger partial charge in [0.05, 0.1) is 27.0 Å². The van der Waals surface area contributed by atoms with Crippen molar-refractivity contribution in [3.05, 3.63) is 47.9 Å². The first-order valence-corrected chi connectivity index (χ1v) is 6.36. The van der Waals surface area contributed by atoms with Crippen molar-refractivity contribution >= 4 is 5.91 Å². The lowest BCUT2D eigenvalue weighted by Crippen LogP contribution is -2.28. The second kappa shape index (κ2) is 6.81. The highest BCUT2D eigenvalue weighted by molar-refractivity contribution is 5.95. The van der Waals surface area contributed by atoms with Crippen LogP contribution in [0.25, 0.3) is 0 Å². The second-order valence-electron chi connectivity index (χ2n) is 4.34. The number of nitrogens with one attached hydrogen (secondary N) is 1.